The van der Waals surface area contributed by atoms with Gasteiger partial charge >= 0.3 is 0 Å². The summed E-state index contributed by atoms with van der Waals surface area (Å²) in [7, 11) is 1.60. The Bertz CT molecular complexity index is 1040. The second-order valence-corrected chi connectivity index (χ2v) is 7.23. The van der Waals surface area contributed by atoms with Crippen LogP contribution in [0.15, 0.2) is 30.5 Å². The van der Waals surface area contributed by atoms with Crippen LogP contribution in [0.25, 0.3) is 5.65 Å². The highest BCUT2D eigenvalue weighted by molar-refractivity contribution is 5.92. The fourth-order valence-corrected chi connectivity index (χ4v) is 3.48. The summed E-state index contributed by atoms with van der Waals surface area (Å²) in [4.78, 5) is 29.6. The lowest BCUT2D eigenvalue weighted by Gasteiger charge is -2.35. The van der Waals surface area contributed by atoms with E-state index in [1.165, 1.54) is 0 Å². The second-order valence-electron chi connectivity index (χ2n) is 7.23. The number of aromatic nitrogens is 5. The van der Waals surface area contributed by atoms with E-state index in [1.807, 2.05) is 18.2 Å². The van der Waals surface area contributed by atoms with Gasteiger partial charge in [0.25, 0.3) is 0 Å². The van der Waals surface area contributed by atoms with E-state index < -0.39 is 0 Å². The first-order valence-electron chi connectivity index (χ1n) is 9.75. The van der Waals surface area contributed by atoms with Crippen LogP contribution >= 0.6 is 0 Å². The van der Waals surface area contributed by atoms with Gasteiger partial charge in [-0.3, -0.25) is 10.1 Å². The molecule has 1 aliphatic carbocycles. The predicted octanol–water partition coefficient (Wildman–Crippen LogP) is 1.20. The van der Waals surface area contributed by atoms with Crippen molar-refractivity contribution in [2.45, 2.75) is 12.8 Å². The molecule has 0 bridgehead atoms. The highest BCUT2D eigenvalue weighted by Crippen LogP contribution is 2.30. The number of pyridine rings is 1. The first kappa shape index (κ1) is 17.7. The zero-order valence-electron chi connectivity index (χ0n) is 16.2. The lowest BCUT2D eigenvalue weighted by molar-refractivity contribution is -0.117. The van der Waals surface area contributed by atoms with E-state index in [2.05, 4.69) is 35.2 Å². The van der Waals surface area contributed by atoms with E-state index in [0.717, 1.165) is 44.8 Å². The standard InChI is InChI=1S/C19H22N8O2/c1-29-15-7-8-20-19(22-15)26-11-9-25(10-12-26)16-4-2-3-14-21-18(24-27(14)16)23-17(28)13-5-6-13/h2-4,7-8,13H,5-6,9-12H2,1H3,(H,23,24,28). The molecular formula is C19H22N8O2. The Balaban J connectivity index is 1.32. The third-order valence-electron chi connectivity index (χ3n) is 5.24. The molecule has 10 heteroatoms. The largest absolute Gasteiger partial charge is 0.481 e. The van der Waals surface area contributed by atoms with Gasteiger partial charge < -0.3 is 14.5 Å². The molecule has 1 N–H and O–H groups in total. The van der Waals surface area contributed by atoms with Gasteiger partial charge in [0, 0.05) is 44.4 Å². The summed E-state index contributed by atoms with van der Waals surface area (Å²) in [6.45, 7) is 3.15. The van der Waals surface area contributed by atoms with Crippen molar-refractivity contribution < 1.29 is 9.53 Å². The summed E-state index contributed by atoms with van der Waals surface area (Å²) in [5.74, 6) is 2.67. The van der Waals surface area contributed by atoms with Gasteiger partial charge in [-0.25, -0.2) is 4.98 Å². The van der Waals surface area contributed by atoms with Crippen molar-refractivity contribution >= 4 is 29.3 Å². The van der Waals surface area contributed by atoms with Gasteiger partial charge in [0.1, 0.15) is 5.82 Å². The average molecular weight is 394 g/mol. The van der Waals surface area contributed by atoms with Crippen molar-refractivity contribution in [2.75, 3.05) is 48.4 Å². The Hall–Kier alpha value is -3.43. The zero-order valence-corrected chi connectivity index (χ0v) is 16.2. The highest BCUT2D eigenvalue weighted by Gasteiger charge is 2.30. The minimum Gasteiger partial charge on any atom is -0.481 e. The topological polar surface area (TPSA) is 101 Å². The molecule has 10 nitrogen and oxygen atoms in total. The third-order valence-corrected chi connectivity index (χ3v) is 5.24. The molecule has 1 amide bonds. The maximum atomic E-state index is 12.0. The van der Waals surface area contributed by atoms with E-state index in [0.29, 0.717) is 23.4 Å². The van der Waals surface area contributed by atoms with Crippen LogP contribution in [0.3, 0.4) is 0 Å². The average Bonchev–Trinajstić information content (AvgIpc) is 3.54. The number of carbonyl (C=O) groups is 1. The van der Waals surface area contributed by atoms with Crippen LogP contribution in [0.5, 0.6) is 5.88 Å². The minimum atomic E-state index is 0.00867. The minimum absolute atomic E-state index is 0.00867. The van der Waals surface area contributed by atoms with E-state index in [1.54, 1.807) is 23.9 Å². The number of rotatable bonds is 5. The van der Waals surface area contributed by atoms with Gasteiger partial charge in [-0.15, -0.1) is 5.10 Å². The first-order chi connectivity index (χ1) is 14.2. The summed E-state index contributed by atoms with van der Waals surface area (Å²) in [5.41, 5.74) is 0.715. The number of methoxy groups -OCH3 is 1. The van der Waals surface area contributed by atoms with Crippen LogP contribution in [-0.2, 0) is 4.79 Å². The molecule has 29 heavy (non-hydrogen) atoms. The second kappa shape index (κ2) is 7.19. The molecule has 2 aliphatic rings. The van der Waals surface area contributed by atoms with E-state index in [4.69, 9.17) is 4.74 Å². The number of amides is 1. The number of nitrogens with zero attached hydrogens (tertiary/aromatic N) is 7. The Morgan fingerprint density at radius 1 is 1.10 bits per heavy atom. The number of ether oxygens (including phenoxy) is 1. The van der Waals surface area contributed by atoms with Gasteiger partial charge in [0.2, 0.25) is 23.7 Å². The maximum absolute atomic E-state index is 12.0. The Morgan fingerprint density at radius 2 is 1.90 bits per heavy atom. The van der Waals surface area contributed by atoms with Gasteiger partial charge in [-0.1, -0.05) is 6.07 Å². The van der Waals surface area contributed by atoms with Crippen LogP contribution in [-0.4, -0.2) is 63.8 Å². The first-order valence-corrected chi connectivity index (χ1v) is 9.75. The molecule has 4 heterocycles. The SMILES string of the molecule is COc1ccnc(N2CCN(c3cccc4nc(NC(=O)C5CC5)nn34)CC2)n1. The molecule has 0 unspecified atom stereocenters. The molecule has 3 aromatic rings. The zero-order chi connectivity index (χ0) is 19.8. The quantitative estimate of drug-likeness (QED) is 0.689. The van der Waals surface area contributed by atoms with Crippen LogP contribution in [0.2, 0.25) is 0 Å². The van der Waals surface area contributed by atoms with E-state index >= 15 is 0 Å². The van der Waals surface area contributed by atoms with Crippen molar-refractivity contribution in [3.05, 3.63) is 30.5 Å². The molecule has 0 spiro atoms. The highest BCUT2D eigenvalue weighted by atomic mass is 16.5. The lowest BCUT2D eigenvalue weighted by Crippen LogP contribution is -2.47. The van der Waals surface area contributed by atoms with Gasteiger partial charge in [-0.05, 0) is 25.0 Å². The molecule has 1 saturated carbocycles. The number of piperazine rings is 1. The summed E-state index contributed by atoms with van der Waals surface area (Å²) >= 11 is 0. The summed E-state index contributed by atoms with van der Waals surface area (Å²) in [5, 5.41) is 7.34. The third kappa shape index (κ3) is 3.53. The molecule has 0 aromatic carbocycles. The molecule has 150 valence electrons. The number of hydrogen-bond donors (Lipinski definition) is 1. The molecular weight excluding hydrogens is 372 g/mol. The number of hydrogen-bond acceptors (Lipinski definition) is 8. The fraction of sp³-hybridized carbons (Fsp3) is 0.421. The number of nitrogens with one attached hydrogen (secondary N) is 1. The fourth-order valence-electron chi connectivity index (χ4n) is 3.48. The van der Waals surface area contributed by atoms with Crippen molar-refractivity contribution in [3.8, 4) is 5.88 Å². The van der Waals surface area contributed by atoms with Crippen LogP contribution in [0.4, 0.5) is 17.7 Å². The molecule has 3 aromatic heterocycles. The van der Waals surface area contributed by atoms with Crippen molar-refractivity contribution in [1.29, 1.82) is 0 Å². The van der Waals surface area contributed by atoms with Gasteiger partial charge in [0.05, 0.1) is 7.11 Å². The Morgan fingerprint density at radius 3 is 2.66 bits per heavy atom. The van der Waals surface area contributed by atoms with Crippen molar-refractivity contribution in [2.24, 2.45) is 5.92 Å². The van der Waals surface area contributed by atoms with Gasteiger partial charge in [0.15, 0.2) is 5.65 Å². The van der Waals surface area contributed by atoms with Crippen LogP contribution < -0.4 is 19.9 Å². The molecule has 0 radical (unpaired) electrons. The van der Waals surface area contributed by atoms with Crippen molar-refractivity contribution in [1.82, 2.24) is 24.6 Å². The number of carbonyl (C=O) groups excluding carboxylic acids is 1. The Labute approximate surface area is 167 Å². The molecule has 0 atom stereocenters. The molecule has 1 saturated heterocycles. The Kier molecular flexibility index (Phi) is 4.38. The number of anilines is 3. The van der Waals surface area contributed by atoms with E-state index in [-0.39, 0.29) is 11.8 Å². The summed E-state index contributed by atoms with van der Waals surface area (Å²) < 4.78 is 6.99. The molecule has 5 rings (SSSR count). The van der Waals surface area contributed by atoms with Crippen LogP contribution in [0.1, 0.15) is 12.8 Å². The number of fused-ring (bicyclic) bond motifs is 1. The summed E-state index contributed by atoms with van der Waals surface area (Å²) in [6.07, 6.45) is 3.61. The normalized spacial score (nSPS) is 16.9. The van der Waals surface area contributed by atoms with E-state index in [9.17, 15) is 4.79 Å². The van der Waals surface area contributed by atoms with Crippen LogP contribution in [0, 0.1) is 5.92 Å². The molecule has 1 aliphatic heterocycles. The smallest absolute Gasteiger partial charge is 0.249 e. The van der Waals surface area contributed by atoms with Gasteiger partial charge in [-0.2, -0.15) is 14.5 Å². The lowest BCUT2D eigenvalue weighted by atomic mass is 10.3. The predicted molar refractivity (Wildman–Crippen MR) is 107 cm³/mol. The molecule has 2 fully saturated rings. The van der Waals surface area contributed by atoms with Crippen molar-refractivity contribution in [3.63, 3.8) is 0 Å². The maximum Gasteiger partial charge on any atom is 0.249 e. The summed E-state index contributed by atoms with van der Waals surface area (Å²) in [6, 6.07) is 7.61. The monoisotopic (exact) mass is 394 g/mol.